The zero-order valence-corrected chi connectivity index (χ0v) is 12.4. The van der Waals surface area contributed by atoms with E-state index in [1.807, 2.05) is 32.3 Å². The summed E-state index contributed by atoms with van der Waals surface area (Å²) in [7, 11) is 1.87. The Labute approximate surface area is 124 Å². The summed E-state index contributed by atoms with van der Waals surface area (Å²) in [5.41, 5.74) is 4.13. The highest BCUT2D eigenvalue weighted by atomic mass is 16.1. The number of rotatable bonds is 4. The van der Waals surface area contributed by atoms with Crippen LogP contribution in [0.25, 0.3) is 0 Å². The van der Waals surface area contributed by atoms with Crippen molar-refractivity contribution in [3.8, 4) is 0 Å². The third kappa shape index (κ3) is 2.77. The van der Waals surface area contributed by atoms with E-state index >= 15 is 0 Å². The molecule has 1 amide bonds. The topological polar surface area (TPSA) is 59.0 Å². The van der Waals surface area contributed by atoms with Crippen LogP contribution >= 0.6 is 0 Å². The van der Waals surface area contributed by atoms with Crippen molar-refractivity contribution in [3.05, 3.63) is 41.7 Å². The summed E-state index contributed by atoms with van der Waals surface area (Å²) in [6, 6.07) is 8.18. The number of para-hydroxylation sites is 1. The average molecular weight is 284 g/mol. The quantitative estimate of drug-likeness (QED) is 0.907. The lowest BCUT2D eigenvalue weighted by atomic mass is 9.97. The molecule has 0 aliphatic carbocycles. The van der Waals surface area contributed by atoms with Crippen LogP contribution < -0.4 is 10.6 Å². The molecule has 2 N–H and O–H groups in total. The second-order valence-corrected chi connectivity index (χ2v) is 5.43. The minimum atomic E-state index is 0.0428. The van der Waals surface area contributed by atoms with E-state index in [4.69, 9.17) is 0 Å². The van der Waals surface area contributed by atoms with Gasteiger partial charge in [0, 0.05) is 37.8 Å². The van der Waals surface area contributed by atoms with Crippen LogP contribution in [0.3, 0.4) is 0 Å². The van der Waals surface area contributed by atoms with Crippen LogP contribution in [0.4, 0.5) is 11.4 Å². The molecule has 2 heterocycles. The Morgan fingerprint density at radius 3 is 3.10 bits per heavy atom. The van der Waals surface area contributed by atoms with Gasteiger partial charge in [-0.25, -0.2) is 0 Å². The Kier molecular flexibility index (Phi) is 3.64. The van der Waals surface area contributed by atoms with Crippen molar-refractivity contribution in [1.82, 2.24) is 9.78 Å². The molecule has 21 heavy (non-hydrogen) atoms. The third-order valence-corrected chi connectivity index (χ3v) is 3.89. The van der Waals surface area contributed by atoms with E-state index < -0.39 is 0 Å². The number of anilines is 2. The number of fused-ring (bicyclic) bond motifs is 1. The fourth-order valence-electron chi connectivity index (χ4n) is 2.86. The van der Waals surface area contributed by atoms with Gasteiger partial charge in [0.15, 0.2) is 0 Å². The summed E-state index contributed by atoms with van der Waals surface area (Å²) in [6.45, 7) is 2.86. The number of hydrogen-bond acceptors (Lipinski definition) is 3. The first kappa shape index (κ1) is 13.7. The Morgan fingerprint density at radius 2 is 2.29 bits per heavy atom. The lowest BCUT2D eigenvalue weighted by Gasteiger charge is -2.10. The summed E-state index contributed by atoms with van der Waals surface area (Å²) in [6.07, 6.45) is 3.16. The highest BCUT2D eigenvalue weighted by Gasteiger charge is 2.24. The number of amides is 1. The largest absolute Gasteiger partial charge is 0.384 e. The van der Waals surface area contributed by atoms with Gasteiger partial charge < -0.3 is 10.6 Å². The molecule has 1 unspecified atom stereocenters. The molecule has 2 aromatic rings. The zero-order chi connectivity index (χ0) is 14.8. The maximum atomic E-state index is 12.3. The van der Waals surface area contributed by atoms with Crippen LogP contribution in [-0.2, 0) is 18.3 Å². The second-order valence-electron chi connectivity index (χ2n) is 5.43. The number of nitrogens with one attached hydrogen (secondary N) is 2. The molecule has 1 aromatic carbocycles. The minimum Gasteiger partial charge on any atom is -0.384 e. The Balaban J connectivity index is 1.68. The van der Waals surface area contributed by atoms with Crippen LogP contribution in [0, 0.1) is 0 Å². The van der Waals surface area contributed by atoms with Crippen LogP contribution in [0.1, 0.15) is 30.5 Å². The first-order chi connectivity index (χ1) is 10.2. The molecular weight excluding hydrogens is 264 g/mol. The molecule has 110 valence electrons. The molecule has 1 aliphatic heterocycles. The van der Waals surface area contributed by atoms with Crippen molar-refractivity contribution in [2.75, 3.05) is 17.2 Å². The average Bonchev–Trinajstić information content (AvgIpc) is 3.03. The number of carbonyl (C=O) groups is 1. The van der Waals surface area contributed by atoms with Gasteiger partial charge in [-0.15, -0.1) is 0 Å². The zero-order valence-electron chi connectivity index (χ0n) is 12.4. The fraction of sp³-hybridized carbons (Fsp3) is 0.375. The van der Waals surface area contributed by atoms with E-state index in [2.05, 4.69) is 27.9 Å². The monoisotopic (exact) mass is 284 g/mol. The van der Waals surface area contributed by atoms with E-state index in [1.54, 1.807) is 4.68 Å². The molecule has 5 heteroatoms. The predicted molar refractivity (Wildman–Crippen MR) is 83.5 cm³/mol. The number of hydrogen-bond donors (Lipinski definition) is 2. The van der Waals surface area contributed by atoms with Gasteiger partial charge in [0.25, 0.3) is 0 Å². The van der Waals surface area contributed by atoms with E-state index in [0.29, 0.717) is 6.42 Å². The standard InChI is InChI=1S/C16H20N4O/c1-3-13-15(10-20(2)19-13)18-16(21)8-11-9-17-14-7-5-4-6-12(11)14/h4-7,10-11,17H,3,8-9H2,1-2H3,(H,18,21). The van der Waals surface area contributed by atoms with Gasteiger partial charge in [-0.3, -0.25) is 9.48 Å². The molecule has 1 atom stereocenters. The molecule has 3 rings (SSSR count). The smallest absolute Gasteiger partial charge is 0.225 e. The first-order valence-corrected chi connectivity index (χ1v) is 7.32. The van der Waals surface area contributed by atoms with Crippen LogP contribution in [0.5, 0.6) is 0 Å². The number of aryl methyl sites for hydroxylation is 2. The number of benzene rings is 1. The van der Waals surface area contributed by atoms with Gasteiger partial charge in [-0.05, 0) is 18.1 Å². The molecule has 0 saturated carbocycles. The van der Waals surface area contributed by atoms with Crippen LogP contribution in [0.2, 0.25) is 0 Å². The van der Waals surface area contributed by atoms with Crippen molar-refractivity contribution in [1.29, 1.82) is 0 Å². The van der Waals surface area contributed by atoms with Gasteiger partial charge in [-0.1, -0.05) is 25.1 Å². The Morgan fingerprint density at radius 1 is 1.48 bits per heavy atom. The summed E-state index contributed by atoms with van der Waals surface area (Å²) in [5, 5.41) is 10.7. The summed E-state index contributed by atoms with van der Waals surface area (Å²) in [4.78, 5) is 12.3. The van der Waals surface area contributed by atoms with Gasteiger partial charge in [0.05, 0.1) is 11.4 Å². The highest BCUT2D eigenvalue weighted by Crippen LogP contribution is 2.33. The molecule has 5 nitrogen and oxygen atoms in total. The second kappa shape index (κ2) is 5.60. The molecule has 0 bridgehead atoms. The number of carbonyl (C=O) groups excluding carboxylic acids is 1. The molecule has 1 aliphatic rings. The Bertz CT molecular complexity index is 662. The SMILES string of the molecule is CCc1nn(C)cc1NC(=O)CC1CNc2ccccc21. The van der Waals surface area contributed by atoms with E-state index in [1.165, 1.54) is 5.56 Å². The molecule has 1 aromatic heterocycles. The number of nitrogens with zero attached hydrogens (tertiary/aromatic N) is 2. The van der Waals surface area contributed by atoms with Crippen molar-refractivity contribution < 1.29 is 4.79 Å². The molecule has 0 fully saturated rings. The van der Waals surface area contributed by atoms with Gasteiger partial charge in [0.1, 0.15) is 0 Å². The normalized spacial score (nSPS) is 16.4. The van der Waals surface area contributed by atoms with E-state index in [-0.39, 0.29) is 11.8 Å². The first-order valence-electron chi connectivity index (χ1n) is 7.32. The summed E-state index contributed by atoms with van der Waals surface area (Å²) >= 11 is 0. The highest BCUT2D eigenvalue weighted by molar-refractivity contribution is 5.92. The maximum absolute atomic E-state index is 12.3. The van der Waals surface area contributed by atoms with E-state index in [9.17, 15) is 4.79 Å². The van der Waals surface area contributed by atoms with Gasteiger partial charge in [0.2, 0.25) is 5.91 Å². The van der Waals surface area contributed by atoms with Crippen molar-refractivity contribution in [2.45, 2.75) is 25.7 Å². The molecule has 0 radical (unpaired) electrons. The predicted octanol–water partition coefficient (Wildman–Crippen LogP) is 2.52. The van der Waals surface area contributed by atoms with Crippen molar-refractivity contribution >= 4 is 17.3 Å². The molecular formula is C16H20N4O. The Hall–Kier alpha value is -2.30. The maximum Gasteiger partial charge on any atom is 0.225 e. The molecule has 0 saturated heterocycles. The third-order valence-electron chi connectivity index (χ3n) is 3.89. The van der Waals surface area contributed by atoms with E-state index in [0.717, 1.165) is 30.0 Å². The molecule has 0 spiro atoms. The minimum absolute atomic E-state index is 0.0428. The lowest BCUT2D eigenvalue weighted by molar-refractivity contribution is -0.116. The summed E-state index contributed by atoms with van der Waals surface area (Å²) < 4.78 is 1.74. The van der Waals surface area contributed by atoms with Crippen molar-refractivity contribution in [2.24, 2.45) is 7.05 Å². The number of aromatic nitrogens is 2. The summed E-state index contributed by atoms with van der Waals surface area (Å²) in [5.74, 6) is 0.282. The van der Waals surface area contributed by atoms with Gasteiger partial charge in [-0.2, -0.15) is 5.10 Å². The fourth-order valence-corrected chi connectivity index (χ4v) is 2.86. The van der Waals surface area contributed by atoms with Crippen LogP contribution in [-0.4, -0.2) is 22.2 Å². The van der Waals surface area contributed by atoms with Crippen molar-refractivity contribution in [3.63, 3.8) is 0 Å². The van der Waals surface area contributed by atoms with Gasteiger partial charge >= 0.3 is 0 Å². The van der Waals surface area contributed by atoms with Crippen LogP contribution in [0.15, 0.2) is 30.5 Å². The lowest BCUT2D eigenvalue weighted by Crippen LogP contribution is -2.17.